The average molecular weight is 395 g/mol. The van der Waals surface area contributed by atoms with Crippen molar-refractivity contribution < 1.29 is 14.3 Å². The molecule has 6 heteroatoms. The molecule has 0 fully saturated rings. The highest BCUT2D eigenvalue weighted by Crippen LogP contribution is 2.32. The molecule has 6 nitrogen and oxygen atoms in total. The fourth-order valence-corrected chi connectivity index (χ4v) is 3.34. The van der Waals surface area contributed by atoms with Gasteiger partial charge in [-0.15, -0.1) is 0 Å². The van der Waals surface area contributed by atoms with Crippen molar-refractivity contribution in [2.75, 3.05) is 6.79 Å². The minimum Gasteiger partial charge on any atom is -0.454 e. The summed E-state index contributed by atoms with van der Waals surface area (Å²) in [5.74, 6) is 1.06. The zero-order valence-corrected chi connectivity index (χ0v) is 15.9. The Kier molecular flexibility index (Phi) is 4.57. The van der Waals surface area contributed by atoms with Crippen LogP contribution in [0.25, 0.3) is 22.2 Å². The molecule has 30 heavy (non-hydrogen) atoms. The first-order valence-corrected chi connectivity index (χ1v) is 9.46. The van der Waals surface area contributed by atoms with Crippen molar-refractivity contribution in [1.29, 1.82) is 0 Å². The second-order valence-electron chi connectivity index (χ2n) is 6.75. The first-order valence-electron chi connectivity index (χ1n) is 9.46. The Hall–Kier alpha value is -4.19. The average Bonchev–Trinajstić information content (AvgIpc) is 3.27. The van der Waals surface area contributed by atoms with Gasteiger partial charge in [-0.1, -0.05) is 48.5 Å². The Labute approximate surface area is 172 Å². The fraction of sp³-hybridized carbons (Fsp3) is 0.0417. The highest BCUT2D eigenvalue weighted by atomic mass is 16.7. The van der Waals surface area contributed by atoms with Crippen LogP contribution in [-0.4, -0.2) is 23.9 Å². The predicted octanol–water partition coefficient (Wildman–Crippen LogP) is 4.39. The van der Waals surface area contributed by atoms with Crippen LogP contribution in [0.5, 0.6) is 11.5 Å². The Bertz CT molecular complexity index is 1270. The van der Waals surface area contributed by atoms with Gasteiger partial charge in [-0.3, -0.25) is 4.79 Å². The summed E-state index contributed by atoms with van der Waals surface area (Å²) < 4.78 is 10.7. The summed E-state index contributed by atoms with van der Waals surface area (Å²) in [5, 5.41) is 4.88. The van der Waals surface area contributed by atoms with Gasteiger partial charge >= 0.3 is 0 Å². The summed E-state index contributed by atoms with van der Waals surface area (Å²) in [5.41, 5.74) is 6.36. The van der Waals surface area contributed by atoms with Gasteiger partial charge in [0.25, 0.3) is 5.91 Å². The van der Waals surface area contributed by atoms with Crippen molar-refractivity contribution >= 4 is 23.0 Å². The molecule has 0 radical (unpaired) electrons. The quantitative estimate of drug-likeness (QED) is 0.411. The van der Waals surface area contributed by atoms with Crippen LogP contribution < -0.4 is 14.9 Å². The van der Waals surface area contributed by atoms with E-state index in [-0.39, 0.29) is 12.7 Å². The second-order valence-corrected chi connectivity index (χ2v) is 6.75. The Morgan fingerprint density at radius 3 is 2.63 bits per heavy atom. The maximum absolute atomic E-state index is 12.9. The SMILES string of the molecule is O=C(N/N=C/c1ccc2c(c1)OCO2)c1cc(-c2ccccc2)nc2ccccc12. The lowest BCUT2D eigenvalue weighted by Gasteiger charge is -2.09. The van der Waals surface area contributed by atoms with Gasteiger partial charge < -0.3 is 9.47 Å². The Morgan fingerprint density at radius 2 is 1.73 bits per heavy atom. The minimum absolute atomic E-state index is 0.214. The molecule has 146 valence electrons. The number of hydrogen-bond donors (Lipinski definition) is 1. The molecule has 3 aromatic carbocycles. The number of para-hydroxylation sites is 1. The van der Waals surface area contributed by atoms with E-state index < -0.39 is 0 Å². The van der Waals surface area contributed by atoms with Crippen molar-refractivity contribution in [2.45, 2.75) is 0 Å². The number of benzene rings is 3. The molecule has 0 bridgehead atoms. The molecule has 0 atom stereocenters. The predicted molar refractivity (Wildman–Crippen MR) is 115 cm³/mol. The highest BCUT2D eigenvalue weighted by Gasteiger charge is 2.14. The van der Waals surface area contributed by atoms with E-state index in [1.54, 1.807) is 12.3 Å². The zero-order chi connectivity index (χ0) is 20.3. The number of carbonyl (C=O) groups is 1. The molecule has 0 unspecified atom stereocenters. The number of pyridine rings is 1. The third kappa shape index (κ3) is 3.46. The van der Waals surface area contributed by atoms with Crippen LogP contribution in [-0.2, 0) is 0 Å². The lowest BCUT2D eigenvalue weighted by Crippen LogP contribution is -2.18. The summed E-state index contributed by atoms with van der Waals surface area (Å²) in [6.07, 6.45) is 1.57. The van der Waals surface area contributed by atoms with Crippen LogP contribution in [0.3, 0.4) is 0 Å². The van der Waals surface area contributed by atoms with E-state index in [2.05, 4.69) is 10.5 Å². The van der Waals surface area contributed by atoms with E-state index in [1.165, 1.54) is 0 Å². The number of carbonyl (C=O) groups excluding carboxylic acids is 1. The smallest absolute Gasteiger partial charge is 0.272 e. The van der Waals surface area contributed by atoms with Crippen molar-refractivity contribution in [3.05, 3.63) is 90.0 Å². The molecule has 0 saturated carbocycles. The number of nitrogens with one attached hydrogen (secondary N) is 1. The third-order valence-corrected chi connectivity index (χ3v) is 4.81. The van der Waals surface area contributed by atoms with Gasteiger partial charge in [0.2, 0.25) is 6.79 Å². The van der Waals surface area contributed by atoms with Crippen LogP contribution in [0.4, 0.5) is 0 Å². The Balaban J connectivity index is 1.44. The van der Waals surface area contributed by atoms with Gasteiger partial charge in [0.15, 0.2) is 11.5 Å². The molecular weight excluding hydrogens is 378 g/mol. The second kappa shape index (κ2) is 7.67. The topological polar surface area (TPSA) is 72.8 Å². The molecule has 2 heterocycles. The summed E-state index contributed by atoms with van der Waals surface area (Å²) in [6, 6.07) is 24.6. The lowest BCUT2D eigenvalue weighted by molar-refractivity contribution is 0.0956. The maximum Gasteiger partial charge on any atom is 0.272 e. The largest absolute Gasteiger partial charge is 0.454 e. The molecule has 4 aromatic rings. The van der Waals surface area contributed by atoms with Crippen LogP contribution in [0.2, 0.25) is 0 Å². The molecule has 0 aliphatic carbocycles. The molecule has 1 aromatic heterocycles. The fourth-order valence-electron chi connectivity index (χ4n) is 3.34. The van der Waals surface area contributed by atoms with Gasteiger partial charge in [-0.2, -0.15) is 5.10 Å². The van der Waals surface area contributed by atoms with Gasteiger partial charge in [-0.25, -0.2) is 10.4 Å². The number of hydrogen-bond acceptors (Lipinski definition) is 5. The van der Waals surface area contributed by atoms with Gasteiger partial charge in [0, 0.05) is 10.9 Å². The molecule has 1 aliphatic heterocycles. The molecular formula is C24H17N3O3. The normalized spacial score (nSPS) is 12.4. The minimum atomic E-state index is -0.303. The molecule has 5 rings (SSSR count). The number of rotatable bonds is 4. The van der Waals surface area contributed by atoms with Crippen LogP contribution >= 0.6 is 0 Å². The molecule has 1 aliphatic rings. The van der Waals surface area contributed by atoms with Crippen molar-refractivity contribution in [3.63, 3.8) is 0 Å². The van der Waals surface area contributed by atoms with Crippen molar-refractivity contribution in [2.24, 2.45) is 5.10 Å². The van der Waals surface area contributed by atoms with Gasteiger partial charge in [0.1, 0.15) is 0 Å². The van der Waals surface area contributed by atoms with Crippen molar-refractivity contribution in [3.8, 4) is 22.8 Å². The maximum atomic E-state index is 12.9. The van der Waals surface area contributed by atoms with Crippen LogP contribution in [0.1, 0.15) is 15.9 Å². The van der Waals surface area contributed by atoms with E-state index in [0.717, 1.165) is 27.7 Å². The Morgan fingerprint density at radius 1 is 0.933 bits per heavy atom. The third-order valence-electron chi connectivity index (χ3n) is 4.81. The molecule has 1 N–H and O–H groups in total. The zero-order valence-electron chi connectivity index (χ0n) is 15.9. The standard InChI is InChI=1S/C24H17N3O3/c28-24(27-25-14-16-10-11-22-23(12-16)30-15-29-22)19-13-21(17-6-2-1-3-7-17)26-20-9-5-4-8-18(19)20/h1-14H,15H2,(H,27,28)/b25-14+. The van der Waals surface area contributed by atoms with E-state index in [9.17, 15) is 4.79 Å². The molecule has 0 spiro atoms. The summed E-state index contributed by atoms with van der Waals surface area (Å²) >= 11 is 0. The summed E-state index contributed by atoms with van der Waals surface area (Å²) in [6.45, 7) is 0.214. The summed E-state index contributed by atoms with van der Waals surface area (Å²) in [7, 11) is 0. The van der Waals surface area contributed by atoms with Crippen LogP contribution in [0.15, 0.2) is 84.0 Å². The highest BCUT2D eigenvalue weighted by molar-refractivity contribution is 6.07. The monoisotopic (exact) mass is 395 g/mol. The first kappa shape index (κ1) is 17.9. The van der Waals surface area contributed by atoms with Crippen LogP contribution in [0, 0.1) is 0 Å². The number of hydrazone groups is 1. The number of fused-ring (bicyclic) bond motifs is 2. The van der Waals surface area contributed by atoms with E-state index in [1.807, 2.05) is 72.8 Å². The number of nitrogens with zero attached hydrogens (tertiary/aromatic N) is 2. The van der Waals surface area contributed by atoms with E-state index in [4.69, 9.17) is 14.5 Å². The number of aromatic nitrogens is 1. The van der Waals surface area contributed by atoms with E-state index in [0.29, 0.717) is 17.1 Å². The lowest BCUT2D eigenvalue weighted by atomic mass is 10.0. The van der Waals surface area contributed by atoms with Gasteiger partial charge in [0.05, 0.1) is 23.0 Å². The number of amides is 1. The first-order chi connectivity index (χ1) is 14.8. The number of ether oxygens (including phenoxy) is 2. The molecule has 0 saturated heterocycles. The van der Waals surface area contributed by atoms with E-state index >= 15 is 0 Å². The molecule has 1 amide bonds. The summed E-state index contributed by atoms with van der Waals surface area (Å²) in [4.78, 5) is 17.6. The van der Waals surface area contributed by atoms with Crippen molar-refractivity contribution in [1.82, 2.24) is 10.4 Å². The van der Waals surface area contributed by atoms with Gasteiger partial charge in [-0.05, 0) is 35.9 Å².